The van der Waals surface area contributed by atoms with E-state index in [-0.39, 0.29) is 18.6 Å². The molecule has 0 spiro atoms. The Balaban J connectivity index is 1.47. The lowest BCUT2D eigenvalue weighted by atomic mass is 10.0. The van der Waals surface area contributed by atoms with Crippen molar-refractivity contribution in [1.29, 1.82) is 0 Å². The van der Waals surface area contributed by atoms with Gasteiger partial charge in [-0.15, -0.1) is 0 Å². The van der Waals surface area contributed by atoms with Gasteiger partial charge in [0.2, 0.25) is 0 Å². The van der Waals surface area contributed by atoms with E-state index in [9.17, 15) is 4.79 Å². The van der Waals surface area contributed by atoms with Crippen molar-refractivity contribution in [3.8, 4) is 5.75 Å². The predicted octanol–water partition coefficient (Wildman–Crippen LogP) is 5.36. The topological polar surface area (TPSA) is 44.8 Å². The van der Waals surface area contributed by atoms with Crippen LogP contribution in [-0.4, -0.2) is 39.7 Å². The largest absolute Gasteiger partial charge is 0.482 e. The fourth-order valence-electron chi connectivity index (χ4n) is 4.09. The summed E-state index contributed by atoms with van der Waals surface area (Å²) in [5.74, 6) is 0.226. The molecule has 3 aromatic rings. The van der Waals surface area contributed by atoms with Gasteiger partial charge in [0.05, 0.1) is 11.1 Å². The van der Waals surface area contributed by atoms with E-state index in [0.29, 0.717) is 22.3 Å². The zero-order valence-corrected chi connectivity index (χ0v) is 20.2. The van der Waals surface area contributed by atoms with Crippen molar-refractivity contribution in [3.05, 3.63) is 87.9 Å². The molecule has 1 amide bonds. The number of amides is 1. The fourth-order valence-corrected chi connectivity index (χ4v) is 4.55. The Kier molecular flexibility index (Phi) is 7.31. The Morgan fingerprint density at radius 1 is 1.09 bits per heavy atom. The minimum Gasteiger partial charge on any atom is -0.482 e. The number of benzene rings is 3. The zero-order chi connectivity index (χ0) is 23.4. The van der Waals surface area contributed by atoms with Crippen LogP contribution in [0.5, 0.6) is 5.75 Å². The van der Waals surface area contributed by atoms with E-state index < -0.39 is 0 Å². The van der Waals surface area contributed by atoms with Crippen LogP contribution in [0.1, 0.15) is 17.2 Å². The molecule has 1 heterocycles. The summed E-state index contributed by atoms with van der Waals surface area (Å²) < 4.78 is 5.59. The first-order chi connectivity index (χ1) is 15.9. The number of para-hydroxylation sites is 1. The van der Waals surface area contributed by atoms with E-state index in [1.807, 2.05) is 14.1 Å². The average molecular weight is 484 g/mol. The normalized spacial score (nSPS) is 13.4. The third-order valence-electron chi connectivity index (χ3n) is 5.84. The maximum absolute atomic E-state index is 12.6. The molecule has 33 heavy (non-hydrogen) atoms. The second kappa shape index (κ2) is 10.4. The lowest BCUT2D eigenvalue weighted by Gasteiger charge is -2.31. The van der Waals surface area contributed by atoms with E-state index in [4.69, 9.17) is 27.9 Å². The summed E-state index contributed by atoms with van der Waals surface area (Å²) in [5.41, 5.74) is 4.84. The van der Waals surface area contributed by atoms with Crippen molar-refractivity contribution in [1.82, 2.24) is 5.32 Å². The minimum absolute atomic E-state index is 0.00734. The van der Waals surface area contributed by atoms with Gasteiger partial charge in [-0.3, -0.25) is 4.79 Å². The Hall–Kier alpha value is -2.89. The summed E-state index contributed by atoms with van der Waals surface area (Å²) in [6.07, 6.45) is 0.995. The van der Waals surface area contributed by atoms with E-state index in [2.05, 4.69) is 63.6 Å². The van der Waals surface area contributed by atoms with E-state index in [1.165, 1.54) is 11.3 Å². The molecule has 1 aliphatic rings. The highest BCUT2D eigenvalue weighted by molar-refractivity contribution is 6.35. The number of ether oxygens (including phenoxy) is 1. The SMILES string of the molecule is CN(C)c1ccc(C(CNC(=O)COc2ccc(Cl)cc2Cl)N2CCc3ccccc32)cc1. The van der Waals surface area contributed by atoms with Crippen LogP contribution >= 0.6 is 23.2 Å². The number of nitrogens with zero attached hydrogens (tertiary/aromatic N) is 2. The van der Waals surface area contributed by atoms with E-state index >= 15 is 0 Å². The summed E-state index contributed by atoms with van der Waals surface area (Å²) in [4.78, 5) is 17.1. The van der Waals surface area contributed by atoms with Crippen LogP contribution in [0.4, 0.5) is 11.4 Å². The summed E-state index contributed by atoms with van der Waals surface area (Å²) in [5, 5.41) is 3.94. The third-order valence-corrected chi connectivity index (χ3v) is 6.37. The molecule has 1 N–H and O–H groups in total. The molecule has 0 bridgehead atoms. The number of anilines is 2. The molecule has 0 saturated carbocycles. The Labute approximate surface area is 204 Å². The molecule has 7 heteroatoms. The van der Waals surface area contributed by atoms with Crippen LogP contribution in [0.3, 0.4) is 0 Å². The van der Waals surface area contributed by atoms with Crippen molar-refractivity contribution in [2.45, 2.75) is 12.5 Å². The second-order valence-corrected chi connectivity index (χ2v) is 9.08. The summed E-state index contributed by atoms with van der Waals surface area (Å²) in [7, 11) is 4.05. The predicted molar refractivity (Wildman–Crippen MR) is 136 cm³/mol. The summed E-state index contributed by atoms with van der Waals surface area (Å²) >= 11 is 12.1. The first-order valence-corrected chi connectivity index (χ1v) is 11.6. The van der Waals surface area contributed by atoms with Crippen LogP contribution < -0.4 is 19.9 Å². The van der Waals surface area contributed by atoms with Gasteiger partial charge in [-0.1, -0.05) is 53.5 Å². The van der Waals surface area contributed by atoms with Gasteiger partial charge in [-0.25, -0.2) is 0 Å². The number of hydrogen-bond donors (Lipinski definition) is 1. The van der Waals surface area contributed by atoms with Crippen molar-refractivity contribution < 1.29 is 9.53 Å². The number of halogens is 2. The van der Waals surface area contributed by atoms with Gasteiger partial charge in [0.25, 0.3) is 5.91 Å². The van der Waals surface area contributed by atoms with Crippen LogP contribution in [0, 0.1) is 0 Å². The molecule has 0 aliphatic carbocycles. The Morgan fingerprint density at radius 3 is 2.58 bits per heavy atom. The molecule has 0 saturated heterocycles. The van der Waals surface area contributed by atoms with Gasteiger partial charge < -0.3 is 19.9 Å². The number of carbonyl (C=O) groups is 1. The van der Waals surface area contributed by atoms with Crippen molar-refractivity contribution in [2.24, 2.45) is 0 Å². The highest BCUT2D eigenvalue weighted by Gasteiger charge is 2.27. The van der Waals surface area contributed by atoms with Crippen molar-refractivity contribution >= 4 is 40.5 Å². The highest BCUT2D eigenvalue weighted by Crippen LogP contribution is 2.35. The monoisotopic (exact) mass is 483 g/mol. The maximum Gasteiger partial charge on any atom is 0.258 e. The van der Waals surface area contributed by atoms with Gasteiger partial charge >= 0.3 is 0 Å². The smallest absolute Gasteiger partial charge is 0.258 e. The number of rotatable bonds is 8. The van der Waals surface area contributed by atoms with Crippen molar-refractivity contribution in [3.63, 3.8) is 0 Å². The minimum atomic E-state index is -0.205. The molecule has 0 aromatic heterocycles. The van der Waals surface area contributed by atoms with Crippen molar-refractivity contribution in [2.75, 3.05) is 43.6 Å². The van der Waals surface area contributed by atoms with Crippen LogP contribution in [0.2, 0.25) is 10.0 Å². The standard InChI is InChI=1S/C26H27Cl2N3O2/c1-30(2)21-10-7-19(8-11-21)24(31-14-13-18-5-3-4-6-23(18)31)16-29-26(32)17-33-25-12-9-20(27)15-22(25)28/h3-12,15,24H,13-14,16-17H2,1-2H3,(H,29,32). The lowest BCUT2D eigenvalue weighted by Crippen LogP contribution is -2.39. The number of nitrogens with one attached hydrogen (secondary N) is 1. The number of carbonyl (C=O) groups excluding carboxylic acids is 1. The van der Waals surface area contributed by atoms with Gasteiger partial charge in [-0.2, -0.15) is 0 Å². The first kappa shape index (κ1) is 23.3. The number of fused-ring (bicyclic) bond motifs is 1. The molecule has 3 aromatic carbocycles. The van der Waals surface area contributed by atoms with Crippen LogP contribution in [0.25, 0.3) is 0 Å². The number of hydrogen-bond acceptors (Lipinski definition) is 4. The zero-order valence-electron chi connectivity index (χ0n) is 18.7. The molecule has 0 radical (unpaired) electrons. The van der Waals surface area contributed by atoms with Gasteiger partial charge in [0, 0.05) is 43.6 Å². The fraction of sp³-hybridized carbons (Fsp3) is 0.269. The average Bonchev–Trinajstić information content (AvgIpc) is 3.23. The molecular formula is C26H27Cl2N3O2. The summed E-state index contributed by atoms with van der Waals surface area (Å²) in [6, 6.07) is 21.9. The summed E-state index contributed by atoms with van der Waals surface area (Å²) in [6.45, 7) is 1.25. The Bertz CT molecular complexity index is 1120. The second-order valence-electron chi connectivity index (χ2n) is 8.24. The molecule has 172 valence electrons. The highest BCUT2D eigenvalue weighted by atomic mass is 35.5. The van der Waals surface area contributed by atoms with E-state index in [0.717, 1.165) is 24.2 Å². The molecule has 0 fully saturated rings. The van der Waals surface area contributed by atoms with Gasteiger partial charge in [-0.05, 0) is 53.9 Å². The molecule has 1 unspecified atom stereocenters. The van der Waals surface area contributed by atoms with Gasteiger partial charge in [0.1, 0.15) is 5.75 Å². The molecule has 5 nitrogen and oxygen atoms in total. The Morgan fingerprint density at radius 2 is 1.85 bits per heavy atom. The third kappa shape index (κ3) is 5.55. The maximum atomic E-state index is 12.6. The van der Waals surface area contributed by atoms with Gasteiger partial charge in [0.15, 0.2) is 6.61 Å². The van der Waals surface area contributed by atoms with Crippen LogP contribution in [0.15, 0.2) is 66.7 Å². The molecule has 4 rings (SSSR count). The van der Waals surface area contributed by atoms with E-state index in [1.54, 1.807) is 18.2 Å². The molecule has 1 atom stereocenters. The quantitative estimate of drug-likeness (QED) is 0.468. The lowest BCUT2D eigenvalue weighted by molar-refractivity contribution is -0.123. The molecule has 1 aliphatic heterocycles. The first-order valence-electron chi connectivity index (χ1n) is 10.9. The molecular weight excluding hydrogens is 457 g/mol. The van der Waals surface area contributed by atoms with Crippen LogP contribution in [-0.2, 0) is 11.2 Å².